The molecule has 1 aromatic heterocycles. The molecule has 1 aliphatic rings. The largest absolute Gasteiger partial charge is 0.448 e. The molecule has 0 bridgehead atoms. The highest BCUT2D eigenvalue weighted by Gasteiger charge is 2.20. The number of nitrogens with zero attached hydrogens (tertiary/aromatic N) is 3. The predicted molar refractivity (Wildman–Crippen MR) is 58.2 cm³/mol. The smallest absolute Gasteiger partial charge is 0.409 e. The lowest BCUT2D eigenvalue weighted by atomic mass is 10.4. The fourth-order valence-electron chi connectivity index (χ4n) is 1.28. The van der Waals surface area contributed by atoms with E-state index in [4.69, 9.17) is 4.74 Å². The number of aromatic nitrogens is 2. The van der Waals surface area contributed by atoms with Crippen molar-refractivity contribution in [3.63, 3.8) is 0 Å². The van der Waals surface area contributed by atoms with Gasteiger partial charge in [-0.25, -0.2) is 4.79 Å². The van der Waals surface area contributed by atoms with Crippen LogP contribution in [0.15, 0.2) is 11.2 Å². The van der Waals surface area contributed by atoms with Crippen molar-refractivity contribution in [3.05, 3.63) is 6.20 Å². The lowest BCUT2D eigenvalue weighted by molar-refractivity contribution is 0.158. The second kappa shape index (κ2) is 5.32. The molecule has 0 aliphatic carbocycles. The van der Waals surface area contributed by atoms with Crippen LogP contribution in [0.5, 0.6) is 0 Å². The summed E-state index contributed by atoms with van der Waals surface area (Å²) in [5.41, 5.74) is 0. The van der Waals surface area contributed by atoms with E-state index in [-0.39, 0.29) is 6.09 Å². The Morgan fingerprint density at radius 2 is 2.60 bits per heavy atom. The molecule has 2 heterocycles. The predicted octanol–water partition coefficient (Wildman–Crippen LogP) is 1.47. The van der Waals surface area contributed by atoms with Gasteiger partial charge in [0.15, 0.2) is 0 Å². The van der Waals surface area contributed by atoms with E-state index < -0.39 is 0 Å². The van der Waals surface area contributed by atoms with Gasteiger partial charge in [-0.05, 0) is 6.42 Å². The van der Waals surface area contributed by atoms with Crippen LogP contribution >= 0.6 is 23.5 Å². The van der Waals surface area contributed by atoms with Gasteiger partial charge in [-0.1, -0.05) is 0 Å². The summed E-state index contributed by atoms with van der Waals surface area (Å²) in [6.07, 6.45) is 2.53. The minimum atomic E-state index is -0.185. The molecule has 1 fully saturated rings. The molecule has 15 heavy (non-hydrogen) atoms. The van der Waals surface area contributed by atoms with Gasteiger partial charge >= 0.3 is 6.09 Å². The summed E-state index contributed by atoms with van der Waals surface area (Å²) in [4.78, 5) is 12.8. The molecule has 7 heteroatoms. The van der Waals surface area contributed by atoms with Crippen LogP contribution < -0.4 is 0 Å². The molecule has 5 nitrogen and oxygen atoms in total. The van der Waals surface area contributed by atoms with Crippen molar-refractivity contribution in [2.75, 3.05) is 25.4 Å². The van der Waals surface area contributed by atoms with Crippen LogP contribution in [-0.2, 0) is 4.74 Å². The third-order valence-electron chi connectivity index (χ3n) is 2.01. The average Bonchev–Trinajstić information content (AvgIpc) is 2.85. The Morgan fingerprint density at radius 3 is 3.27 bits per heavy atom. The number of hydrogen-bond acceptors (Lipinski definition) is 6. The molecule has 0 unspecified atom stereocenters. The Kier molecular flexibility index (Phi) is 3.79. The van der Waals surface area contributed by atoms with Crippen molar-refractivity contribution < 1.29 is 9.53 Å². The van der Waals surface area contributed by atoms with Gasteiger partial charge in [0.25, 0.3) is 0 Å². The first-order valence-electron chi connectivity index (χ1n) is 4.68. The molecule has 1 aliphatic heterocycles. The molecular weight excluding hydrogens is 234 g/mol. The molecule has 0 radical (unpaired) electrons. The van der Waals surface area contributed by atoms with Crippen LogP contribution in [0.4, 0.5) is 4.79 Å². The third-order valence-corrected chi connectivity index (χ3v) is 3.59. The zero-order chi connectivity index (χ0) is 10.5. The highest BCUT2D eigenvalue weighted by atomic mass is 32.2. The summed E-state index contributed by atoms with van der Waals surface area (Å²) in [5, 5.41) is 0.962. The van der Waals surface area contributed by atoms with Gasteiger partial charge in [0.2, 0.25) is 0 Å². The Bertz CT molecular complexity index is 318. The molecule has 1 saturated heterocycles. The zero-order valence-corrected chi connectivity index (χ0v) is 9.72. The molecule has 2 rings (SSSR count). The molecule has 0 spiro atoms. The van der Waals surface area contributed by atoms with Crippen LogP contribution in [0.2, 0.25) is 0 Å². The van der Waals surface area contributed by atoms with E-state index >= 15 is 0 Å². The summed E-state index contributed by atoms with van der Waals surface area (Å²) < 4.78 is 12.8. The molecule has 82 valence electrons. The van der Waals surface area contributed by atoms with Crippen molar-refractivity contribution in [3.8, 4) is 0 Å². The third kappa shape index (κ3) is 3.07. The molecule has 1 amide bonds. The van der Waals surface area contributed by atoms with Crippen molar-refractivity contribution in [1.29, 1.82) is 0 Å². The maximum Gasteiger partial charge on any atom is 0.409 e. The minimum absolute atomic E-state index is 0.185. The van der Waals surface area contributed by atoms with Crippen molar-refractivity contribution in [2.45, 2.75) is 11.4 Å². The van der Waals surface area contributed by atoms with Crippen LogP contribution in [0.1, 0.15) is 6.42 Å². The van der Waals surface area contributed by atoms with E-state index in [0.717, 1.165) is 30.3 Å². The summed E-state index contributed by atoms with van der Waals surface area (Å²) in [7, 11) is 0. The maximum atomic E-state index is 11.1. The number of hydrogen-bond donors (Lipinski definition) is 0. The summed E-state index contributed by atoms with van der Waals surface area (Å²) in [6, 6.07) is 0. The minimum Gasteiger partial charge on any atom is -0.448 e. The number of cyclic esters (lactones) is 1. The highest BCUT2D eigenvalue weighted by molar-refractivity contribution is 7.99. The average molecular weight is 245 g/mol. The van der Waals surface area contributed by atoms with Crippen LogP contribution in [-0.4, -0.2) is 45.2 Å². The molecule has 0 atom stereocenters. The Morgan fingerprint density at radius 1 is 1.67 bits per heavy atom. The van der Waals surface area contributed by atoms with Crippen molar-refractivity contribution in [2.24, 2.45) is 0 Å². The van der Waals surface area contributed by atoms with E-state index in [1.807, 2.05) is 0 Å². The second-order valence-corrected chi connectivity index (χ2v) is 4.72. The molecule has 1 aromatic rings. The molecule has 0 aromatic carbocycles. The van der Waals surface area contributed by atoms with Crippen molar-refractivity contribution >= 4 is 29.6 Å². The number of ether oxygens (including phenoxy) is 1. The second-order valence-electron chi connectivity index (χ2n) is 3.05. The lowest BCUT2D eigenvalue weighted by Crippen LogP contribution is -2.25. The Labute approximate surface area is 96.1 Å². The van der Waals surface area contributed by atoms with Crippen LogP contribution in [0.3, 0.4) is 0 Å². The zero-order valence-electron chi connectivity index (χ0n) is 8.09. The molecular formula is C8H11N3O2S2. The first kappa shape index (κ1) is 10.7. The number of amides is 1. The van der Waals surface area contributed by atoms with E-state index in [1.54, 1.807) is 22.9 Å². The van der Waals surface area contributed by atoms with Gasteiger partial charge in [-0.15, -0.1) is 11.8 Å². The number of thioether (sulfide) groups is 1. The standard InChI is InChI=1S/C8H11N3O2S2/c12-8-11(3-4-13-8)2-1-5-14-7-6-9-15-10-7/h6H,1-5H2. The van der Waals surface area contributed by atoms with E-state index in [1.165, 1.54) is 11.7 Å². The first-order chi connectivity index (χ1) is 7.36. The fraction of sp³-hybridized carbons (Fsp3) is 0.625. The topological polar surface area (TPSA) is 55.3 Å². The number of carbonyl (C=O) groups is 1. The number of carbonyl (C=O) groups excluding carboxylic acids is 1. The molecule has 0 saturated carbocycles. The monoisotopic (exact) mass is 245 g/mol. The quantitative estimate of drug-likeness (QED) is 0.581. The normalized spacial score (nSPS) is 15.7. The van der Waals surface area contributed by atoms with Gasteiger partial charge in [0.05, 0.1) is 24.5 Å². The Balaban J connectivity index is 1.61. The first-order valence-corrected chi connectivity index (χ1v) is 6.40. The van der Waals surface area contributed by atoms with Gasteiger partial charge in [0, 0.05) is 12.3 Å². The van der Waals surface area contributed by atoms with Crippen LogP contribution in [0, 0.1) is 0 Å². The van der Waals surface area contributed by atoms with Gasteiger partial charge in [-0.3, -0.25) is 0 Å². The van der Waals surface area contributed by atoms with E-state index in [9.17, 15) is 4.79 Å². The van der Waals surface area contributed by atoms with Crippen molar-refractivity contribution in [1.82, 2.24) is 13.6 Å². The summed E-state index contributed by atoms with van der Waals surface area (Å²) in [6.45, 7) is 2.02. The molecule has 0 N–H and O–H groups in total. The van der Waals surface area contributed by atoms with Gasteiger partial charge in [0.1, 0.15) is 11.6 Å². The highest BCUT2D eigenvalue weighted by Crippen LogP contribution is 2.16. The summed E-state index contributed by atoms with van der Waals surface area (Å²) >= 11 is 2.89. The van der Waals surface area contributed by atoms with Gasteiger partial charge in [-0.2, -0.15) is 8.75 Å². The van der Waals surface area contributed by atoms with Crippen LogP contribution in [0.25, 0.3) is 0 Å². The van der Waals surface area contributed by atoms with E-state index in [2.05, 4.69) is 8.75 Å². The fourth-order valence-corrected chi connectivity index (χ4v) is 2.59. The Hall–Kier alpha value is -0.820. The maximum absolute atomic E-state index is 11.1. The van der Waals surface area contributed by atoms with Gasteiger partial charge < -0.3 is 9.64 Å². The van der Waals surface area contributed by atoms with E-state index in [0.29, 0.717) is 6.61 Å². The number of rotatable bonds is 5. The lowest BCUT2D eigenvalue weighted by Gasteiger charge is -2.10. The summed E-state index contributed by atoms with van der Waals surface area (Å²) in [5.74, 6) is 0.954. The SMILES string of the molecule is O=C1OCCN1CCCSc1cnsn1.